The van der Waals surface area contributed by atoms with Gasteiger partial charge in [-0.2, -0.15) is 5.10 Å². The topological polar surface area (TPSA) is 115 Å². The second-order valence-corrected chi connectivity index (χ2v) is 6.78. The van der Waals surface area contributed by atoms with Crippen LogP contribution < -0.4 is 25.0 Å². The number of hydrazone groups is 1. The molecule has 0 aliphatic rings. The van der Waals surface area contributed by atoms with E-state index in [0.717, 1.165) is 0 Å². The Morgan fingerprint density at radius 2 is 1.65 bits per heavy atom. The van der Waals surface area contributed by atoms with Crippen LogP contribution in [-0.4, -0.2) is 37.7 Å². The molecule has 3 aromatic carbocycles. The first-order valence-electron chi connectivity index (χ1n) is 10.3. The lowest BCUT2D eigenvalue weighted by atomic mass is 10.2. The number of rotatable bonds is 8. The second kappa shape index (κ2) is 11.8. The normalized spacial score (nSPS) is 10.4. The van der Waals surface area contributed by atoms with Gasteiger partial charge in [0.2, 0.25) is 0 Å². The molecule has 2 amide bonds. The van der Waals surface area contributed by atoms with E-state index in [2.05, 4.69) is 15.8 Å². The first-order chi connectivity index (χ1) is 16.5. The number of benzene rings is 3. The van der Waals surface area contributed by atoms with Crippen molar-refractivity contribution in [3.05, 3.63) is 83.9 Å². The summed E-state index contributed by atoms with van der Waals surface area (Å²) in [7, 11) is 1.54. The molecule has 0 atom stereocenters. The molecule has 0 aromatic heterocycles. The number of carbonyl (C=O) groups is 3. The average Bonchev–Trinajstić information content (AvgIpc) is 2.86. The molecule has 0 unspecified atom stereocenters. The highest BCUT2D eigenvalue weighted by Gasteiger charge is 2.14. The SMILES string of the molecule is CCOc1cc(/C=N/NC(=O)C(=O)Nc2ccccc2)ccc1OC(=O)c1ccc(OC)cc1. The molecule has 2 N–H and O–H groups in total. The zero-order chi connectivity index (χ0) is 24.3. The summed E-state index contributed by atoms with van der Waals surface area (Å²) in [6, 6.07) is 19.9. The molecule has 3 rings (SSSR count). The highest BCUT2D eigenvalue weighted by molar-refractivity contribution is 6.39. The number of esters is 1. The summed E-state index contributed by atoms with van der Waals surface area (Å²) < 4.78 is 16.1. The Bertz CT molecular complexity index is 1180. The molecule has 0 radical (unpaired) electrons. The summed E-state index contributed by atoms with van der Waals surface area (Å²) in [5.41, 5.74) is 3.56. The molecule has 9 nitrogen and oxygen atoms in total. The van der Waals surface area contributed by atoms with Crippen LogP contribution in [0.1, 0.15) is 22.8 Å². The molecule has 0 aliphatic heterocycles. The van der Waals surface area contributed by atoms with E-state index in [-0.39, 0.29) is 5.75 Å². The van der Waals surface area contributed by atoms with Crippen molar-refractivity contribution in [2.45, 2.75) is 6.92 Å². The summed E-state index contributed by atoms with van der Waals surface area (Å²) in [5, 5.41) is 6.26. The fourth-order valence-corrected chi connectivity index (χ4v) is 2.77. The summed E-state index contributed by atoms with van der Waals surface area (Å²) in [6.45, 7) is 2.13. The van der Waals surface area contributed by atoms with Gasteiger partial charge in [0.05, 0.1) is 25.5 Å². The van der Waals surface area contributed by atoms with Crippen LogP contribution in [0.2, 0.25) is 0 Å². The molecular weight excluding hydrogens is 438 g/mol. The van der Waals surface area contributed by atoms with Crippen molar-refractivity contribution >= 4 is 29.7 Å². The van der Waals surface area contributed by atoms with Crippen LogP contribution in [-0.2, 0) is 9.59 Å². The van der Waals surface area contributed by atoms with Gasteiger partial charge in [-0.25, -0.2) is 10.2 Å². The molecule has 174 valence electrons. The minimum Gasteiger partial charge on any atom is -0.497 e. The molecule has 0 spiro atoms. The first kappa shape index (κ1) is 24.0. The maximum Gasteiger partial charge on any atom is 0.343 e. The highest BCUT2D eigenvalue weighted by Crippen LogP contribution is 2.29. The van der Waals surface area contributed by atoms with Crippen molar-refractivity contribution in [2.75, 3.05) is 19.0 Å². The Balaban J connectivity index is 1.63. The summed E-state index contributed by atoms with van der Waals surface area (Å²) in [4.78, 5) is 36.3. The monoisotopic (exact) mass is 461 g/mol. The maximum atomic E-state index is 12.5. The van der Waals surface area contributed by atoms with Crippen LogP contribution in [0.5, 0.6) is 17.2 Å². The van der Waals surface area contributed by atoms with Crippen LogP contribution in [0, 0.1) is 0 Å². The Morgan fingerprint density at radius 1 is 0.912 bits per heavy atom. The number of nitrogens with one attached hydrogen (secondary N) is 2. The average molecular weight is 461 g/mol. The van der Waals surface area contributed by atoms with Crippen molar-refractivity contribution < 1.29 is 28.6 Å². The van der Waals surface area contributed by atoms with Gasteiger partial charge < -0.3 is 19.5 Å². The Labute approximate surface area is 196 Å². The molecule has 0 heterocycles. The minimum absolute atomic E-state index is 0.228. The van der Waals surface area contributed by atoms with E-state index in [9.17, 15) is 14.4 Å². The molecule has 0 aliphatic carbocycles. The summed E-state index contributed by atoms with van der Waals surface area (Å²) >= 11 is 0. The van der Waals surface area contributed by atoms with Crippen LogP contribution in [0.25, 0.3) is 0 Å². The van der Waals surface area contributed by atoms with E-state index >= 15 is 0 Å². The Hall–Kier alpha value is -4.66. The van der Waals surface area contributed by atoms with Crippen molar-refractivity contribution in [3.63, 3.8) is 0 Å². The largest absolute Gasteiger partial charge is 0.497 e. The molecule has 0 saturated heterocycles. The fourth-order valence-electron chi connectivity index (χ4n) is 2.77. The van der Waals surface area contributed by atoms with Gasteiger partial charge in [0.25, 0.3) is 0 Å². The quantitative estimate of drug-likeness (QED) is 0.175. The summed E-state index contributed by atoms with van der Waals surface area (Å²) in [6.07, 6.45) is 1.34. The highest BCUT2D eigenvalue weighted by atomic mass is 16.6. The molecule has 3 aromatic rings. The third kappa shape index (κ3) is 6.67. The van der Waals surface area contributed by atoms with Crippen LogP contribution in [0.4, 0.5) is 5.69 Å². The molecule has 9 heteroatoms. The zero-order valence-corrected chi connectivity index (χ0v) is 18.6. The van der Waals surface area contributed by atoms with E-state index in [1.54, 1.807) is 79.7 Å². The molecule has 0 fully saturated rings. The number of ether oxygens (including phenoxy) is 3. The zero-order valence-electron chi connectivity index (χ0n) is 18.6. The van der Waals surface area contributed by atoms with E-state index < -0.39 is 17.8 Å². The molecule has 0 saturated carbocycles. The van der Waals surface area contributed by atoms with Crippen molar-refractivity contribution in [3.8, 4) is 17.2 Å². The van der Waals surface area contributed by atoms with E-state index in [1.807, 2.05) is 0 Å². The second-order valence-electron chi connectivity index (χ2n) is 6.78. The molecule has 0 bridgehead atoms. The summed E-state index contributed by atoms with van der Waals surface area (Å²) in [5.74, 6) is -1.15. The van der Waals surface area contributed by atoms with E-state index in [0.29, 0.717) is 34.9 Å². The number of carbonyl (C=O) groups excluding carboxylic acids is 3. The number of anilines is 1. The smallest absolute Gasteiger partial charge is 0.343 e. The van der Waals surface area contributed by atoms with Crippen LogP contribution in [0.15, 0.2) is 77.9 Å². The maximum absolute atomic E-state index is 12.5. The van der Waals surface area contributed by atoms with Gasteiger partial charge in [-0.05, 0) is 67.1 Å². The van der Waals surface area contributed by atoms with Gasteiger partial charge in [-0.3, -0.25) is 9.59 Å². The van der Waals surface area contributed by atoms with Gasteiger partial charge in [-0.1, -0.05) is 18.2 Å². The predicted octanol–water partition coefficient (Wildman–Crippen LogP) is 3.40. The predicted molar refractivity (Wildman–Crippen MR) is 126 cm³/mol. The lowest BCUT2D eigenvalue weighted by Gasteiger charge is -2.11. The van der Waals surface area contributed by atoms with Gasteiger partial charge in [-0.15, -0.1) is 0 Å². The van der Waals surface area contributed by atoms with Gasteiger partial charge >= 0.3 is 17.8 Å². The van der Waals surface area contributed by atoms with Crippen molar-refractivity contribution in [1.82, 2.24) is 5.43 Å². The van der Waals surface area contributed by atoms with E-state index in [4.69, 9.17) is 14.2 Å². The lowest BCUT2D eigenvalue weighted by Crippen LogP contribution is -2.32. The molecular formula is C25H23N3O6. The third-order valence-electron chi connectivity index (χ3n) is 4.41. The van der Waals surface area contributed by atoms with Gasteiger partial charge in [0.15, 0.2) is 11.5 Å². The van der Waals surface area contributed by atoms with Crippen LogP contribution >= 0.6 is 0 Å². The number of nitrogens with zero attached hydrogens (tertiary/aromatic N) is 1. The number of amides is 2. The van der Waals surface area contributed by atoms with Crippen molar-refractivity contribution in [2.24, 2.45) is 5.10 Å². The number of hydrogen-bond donors (Lipinski definition) is 2. The first-order valence-corrected chi connectivity index (χ1v) is 10.3. The van der Waals surface area contributed by atoms with Gasteiger partial charge in [0.1, 0.15) is 5.75 Å². The van der Waals surface area contributed by atoms with E-state index in [1.165, 1.54) is 13.3 Å². The Morgan fingerprint density at radius 3 is 2.32 bits per heavy atom. The van der Waals surface area contributed by atoms with Gasteiger partial charge in [0, 0.05) is 5.69 Å². The number of para-hydroxylation sites is 1. The number of methoxy groups -OCH3 is 1. The fraction of sp³-hybridized carbons (Fsp3) is 0.120. The number of hydrogen-bond acceptors (Lipinski definition) is 7. The third-order valence-corrected chi connectivity index (χ3v) is 4.41. The minimum atomic E-state index is -0.921. The Kier molecular flexibility index (Phi) is 8.34. The van der Waals surface area contributed by atoms with Crippen molar-refractivity contribution in [1.29, 1.82) is 0 Å². The van der Waals surface area contributed by atoms with Crippen LogP contribution in [0.3, 0.4) is 0 Å². The standard InChI is InChI=1S/C25H23N3O6/c1-3-33-22-15-17(16-26-28-24(30)23(29)27-19-7-5-4-6-8-19)9-14-21(22)34-25(31)18-10-12-20(32-2)13-11-18/h4-16H,3H2,1-2H3,(H,27,29)(H,28,30)/b26-16+. The lowest BCUT2D eigenvalue weighted by molar-refractivity contribution is -0.136. The molecule has 34 heavy (non-hydrogen) atoms.